The van der Waals surface area contributed by atoms with Gasteiger partial charge < -0.3 is 19.9 Å². The van der Waals surface area contributed by atoms with E-state index in [1.54, 1.807) is 33.9 Å². The van der Waals surface area contributed by atoms with Crippen LogP contribution in [-0.2, 0) is 21.4 Å². The molecular weight excluding hydrogens is 274 g/mol. The first-order valence-corrected chi connectivity index (χ1v) is 7.05. The van der Waals surface area contributed by atoms with Crippen molar-refractivity contribution in [1.82, 2.24) is 20.0 Å². The normalized spacial score (nSPS) is 23.5. The highest BCUT2D eigenvalue weighted by molar-refractivity contribution is 5.98. The molecule has 21 heavy (non-hydrogen) atoms. The maximum Gasteiger partial charge on any atom is 0.253 e. The van der Waals surface area contributed by atoms with Crippen LogP contribution in [-0.4, -0.2) is 71.9 Å². The summed E-state index contributed by atoms with van der Waals surface area (Å²) in [6.07, 6.45) is 2.98. The fourth-order valence-electron chi connectivity index (χ4n) is 2.61. The van der Waals surface area contributed by atoms with E-state index >= 15 is 0 Å². The lowest BCUT2D eigenvalue weighted by molar-refractivity contribution is -0.148. The first kappa shape index (κ1) is 14.0. The van der Waals surface area contributed by atoms with E-state index in [-0.39, 0.29) is 18.4 Å². The molecule has 1 aromatic rings. The average Bonchev–Trinajstić information content (AvgIpc) is 2.93. The van der Waals surface area contributed by atoms with Crippen molar-refractivity contribution in [1.29, 1.82) is 0 Å². The van der Waals surface area contributed by atoms with Gasteiger partial charge in [-0.05, 0) is 0 Å². The summed E-state index contributed by atoms with van der Waals surface area (Å²) in [6.45, 7) is 2.89. The zero-order valence-electron chi connectivity index (χ0n) is 12.0. The predicted molar refractivity (Wildman–Crippen MR) is 74.8 cm³/mol. The predicted octanol–water partition coefficient (Wildman–Crippen LogP) is -1.42. The number of hydrogen-bond donors (Lipinski definition) is 1. The number of hydrogen-bond acceptors (Lipinski definition) is 5. The smallest absolute Gasteiger partial charge is 0.253 e. The van der Waals surface area contributed by atoms with Gasteiger partial charge in [-0.2, -0.15) is 5.10 Å². The number of nitrogens with zero attached hydrogens (tertiary/aromatic N) is 4. The number of rotatable bonds is 2. The third-order valence-electron chi connectivity index (χ3n) is 3.74. The van der Waals surface area contributed by atoms with Crippen LogP contribution < -0.4 is 10.2 Å². The van der Waals surface area contributed by atoms with Gasteiger partial charge in [0.15, 0.2) is 0 Å². The minimum absolute atomic E-state index is 0.0909. The van der Waals surface area contributed by atoms with Crippen LogP contribution in [0.15, 0.2) is 12.4 Å². The Kier molecular flexibility index (Phi) is 3.89. The standard InChI is InChI=1S/C13H19N5O3/c1-16-8-10(6-15-16)18-4-3-17(9-12(18)19)13(20)11-7-14-2-5-21-11/h6,8,11,14H,2-5,7,9H2,1H3. The minimum atomic E-state index is -0.475. The lowest BCUT2D eigenvalue weighted by Crippen LogP contribution is -2.57. The highest BCUT2D eigenvalue weighted by Gasteiger charge is 2.33. The van der Waals surface area contributed by atoms with Crippen molar-refractivity contribution in [3.63, 3.8) is 0 Å². The Labute approximate surface area is 122 Å². The van der Waals surface area contributed by atoms with Gasteiger partial charge in [0.1, 0.15) is 12.6 Å². The Morgan fingerprint density at radius 3 is 2.95 bits per heavy atom. The molecule has 0 bridgehead atoms. The molecule has 3 rings (SSSR count). The van der Waals surface area contributed by atoms with E-state index in [9.17, 15) is 9.59 Å². The van der Waals surface area contributed by atoms with Crippen LogP contribution in [0.5, 0.6) is 0 Å². The minimum Gasteiger partial charge on any atom is -0.366 e. The van der Waals surface area contributed by atoms with E-state index < -0.39 is 6.10 Å². The second-order valence-electron chi connectivity index (χ2n) is 5.24. The molecule has 2 saturated heterocycles. The summed E-state index contributed by atoms with van der Waals surface area (Å²) in [7, 11) is 1.81. The zero-order valence-corrected chi connectivity index (χ0v) is 12.0. The van der Waals surface area contributed by atoms with E-state index in [0.29, 0.717) is 26.2 Å². The lowest BCUT2D eigenvalue weighted by Gasteiger charge is -2.36. The summed E-state index contributed by atoms with van der Waals surface area (Å²) in [5.41, 5.74) is 0.769. The van der Waals surface area contributed by atoms with Gasteiger partial charge in [-0.25, -0.2) is 0 Å². The van der Waals surface area contributed by atoms with Gasteiger partial charge in [-0.1, -0.05) is 0 Å². The summed E-state index contributed by atoms with van der Waals surface area (Å²) >= 11 is 0. The van der Waals surface area contributed by atoms with Crippen LogP contribution in [0.25, 0.3) is 0 Å². The number of aromatic nitrogens is 2. The third-order valence-corrected chi connectivity index (χ3v) is 3.74. The number of aryl methyl sites for hydroxylation is 1. The highest BCUT2D eigenvalue weighted by atomic mass is 16.5. The molecule has 8 heteroatoms. The van der Waals surface area contributed by atoms with Gasteiger partial charge >= 0.3 is 0 Å². The molecule has 2 amide bonds. The first-order chi connectivity index (χ1) is 10.1. The maximum absolute atomic E-state index is 12.3. The van der Waals surface area contributed by atoms with Gasteiger partial charge in [0.25, 0.3) is 5.91 Å². The zero-order chi connectivity index (χ0) is 14.8. The molecule has 2 aliphatic heterocycles. The Morgan fingerprint density at radius 1 is 1.48 bits per heavy atom. The van der Waals surface area contributed by atoms with Crippen molar-refractivity contribution in [3.8, 4) is 0 Å². The maximum atomic E-state index is 12.3. The van der Waals surface area contributed by atoms with Gasteiger partial charge in [0, 0.05) is 39.4 Å². The van der Waals surface area contributed by atoms with Crippen molar-refractivity contribution in [3.05, 3.63) is 12.4 Å². The van der Waals surface area contributed by atoms with Gasteiger partial charge in [-0.15, -0.1) is 0 Å². The molecule has 2 fully saturated rings. The van der Waals surface area contributed by atoms with Gasteiger partial charge in [0.2, 0.25) is 5.91 Å². The van der Waals surface area contributed by atoms with Crippen molar-refractivity contribution >= 4 is 17.5 Å². The van der Waals surface area contributed by atoms with Gasteiger partial charge in [-0.3, -0.25) is 14.3 Å². The first-order valence-electron chi connectivity index (χ1n) is 7.05. The number of piperazine rings is 1. The van der Waals surface area contributed by atoms with E-state index in [0.717, 1.165) is 12.2 Å². The molecule has 0 radical (unpaired) electrons. The highest BCUT2D eigenvalue weighted by Crippen LogP contribution is 2.16. The van der Waals surface area contributed by atoms with Crippen LogP contribution in [0.2, 0.25) is 0 Å². The number of morpholine rings is 1. The Bertz CT molecular complexity index is 538. The molecule has 0 spiro atoms. The SMILES string of the molecule is Cn1cc(N2CCN(C(=O)C3CNCCO3)CC2=O)cn1. The second kappa shape index (κ2) is 5.82. The molecule has 1 atom stereocenters. The number of amides is 2. The Balaban J connectivity index is 1.62. The molecular formula is C13H19N5O3. The number of nitrogens with one attached hydrogen (secondary N) is 1. The number of carbonyl (C=O) groups excluding carboxylic acids is 2. The Hall–Kier alpha value is -1.93. The number of anilines is 1. The molecule has 1 unspecified atom stereocenters. The molecule has 0 saturated carbocycles. The van der Waals surface area contributed by atoms with Crippen LogP contribution in [0.3, 0.4) is 0 Å². The summed E-state index contributed by atoms with van der Waals surface area (Å²) < 4.78 is 7.11. The number of ether oxygens (including phenoxy) is 1. The van der Waals surface area contributed by atoms with E-state index in [1.165, 1.54) is 0 Å². The molecule has 0 aromatic carbocycles. The topological polar surface area (TPSA) is 79.7 Å². The quantitative estimate of drug-likeness (QED) is 0.724. The molecule has 1 N–H and O–H groups in total. The lowest BCUT2D eigenvalue weighted by atomic mass is 10.2. The van der Waals surface area contributed by atoms with Crippen LogP contribution in [0.1, 0.15) is 0 Å². The third kappa shape index (κ3) is 2.91. The summed E-state index contributed by atoms with van der Waals surface area (Å²) in [6, 6.07) is 0. The van der Waals surface area contributed by atoms with Crippen LogP contribution in [0, 0.1) is 0 Å². The molecule has 2 aliphatic rings. The summed E-state index contributed by atoms with van der Waals surface area (Å²) in [5, 5.41) is 7.19. The monoisotopic (exact) mass is 293 g/mol. The fraction of sp³-hybridized carbons (Fsp3) is 0.615. The van der Waals surface area contributed by atoms with E-state index in [2.05, 4.69) is 10.4 Å². The van der Waals surface area contributed by atoms with E-state index in [4.69, 9.17) is 4.74 Å². The molecule has 8 nitrogen and oxygen atoms in total. The van der Waals surface area contributed by atoms with Crippen LogP contribution >= 0.6 is 0 Å². The van der Waals surface area contributed by atoms with E-state index in [1.807, 2.05) is 0 Å². The molecule has 3 heterocycles. The van der Waals surface area contributed by atoms with Crippen molar-refractivity contribution in [2.24, 2.45) is 7.05 Å². The molecule has 0 aliphatic carbocycles. The second-order valence-corrected chi connectivity index (χ2v) is 5.24. The Morgan fingerprint density at radius 2 is 2.33 bits per heavy atom. The summed E-state index contributed by atoms with van der Waals surface area (Å²) in [4.78, 5) is 27.8. The average molecular weight is 293 g/mol. The summed E-state index contributed by atoms with van der Waals surface area (Å²) in [5.74, 6) is -0.201. The van der Waals surface area contributed by atoms with Gasteiger partial charge in [0.05, 0.1) is 18.5 Å². The van der Waals surface area contributed by atoms with Crippen molar-refractivity contribution in [2.75, 3.05) is 44.2 Å². The van der Waals surface area contributed by atoms with Crippen molar-refractivity contribution < 1.29 is 14.3 Å². The fourth-order valence-corrected chi connectivity index (χ4v) is 2.61. The van der Waals surface area contributed by atoms with Crippen molar-refractivity contribution in [2.45, 2.75) is 6.10 Å². The largest absolute Gasteiger partial charge is 0.366 e. The molecule has 1 aromatic heterocycles. The van der Waals surface area contributed by atoms with Crippen LogP contribution in [0.4, 0.5) is 5.69 Å². The molecule has 114 valence electrons. The number of carbonyl (C=O) groups is 2.